The third kappa shape index (κ3) is 7.37. The molecule has 426 valence electrons. The van der Waals surface area contributed by atoms with Crippen molar-refractivity contribution in [2.75, 3.05) is 0 Å². The van der Waals surface area contributed by atoms with Crippen molar-refractivity contribution in [1.82, 2.24) is 28.2 Å². The average Bonchev–Trinajstić information content (AvgIpc) is 1.56. The molecule has 0 spiro atoms. The van der Waals surface area contributed by atoms with E-state index in [9.17, 15) is 0 Å². The maximum Gasteiger partial charge on any atom is 0.160 e. The second-order valence-electron chi connectivity index (χ2n) is 24.4. The van der Waals surface area contributed by atoms with Gasteiger partial charge in [0.05, 0.1) is 61.2 Å². The number of hydrogen-bond acceptors (Lipinski definition) is 2. The van der Waals surface area contributed by atoms with Gasteiger partial charge in [0.15, 0.2) is 5.82 Å². The van der Waals surface area contributed by atoms with Crippen LogP contribution in [-0.2, 0) is 0 Å². The molecule has 0 saturated carbocycles. The number of benzene rings is 14. The average molecular weight is 1170 g/mol. The summed E-state index contributed by atoms with van der Waals surface area (Å²) in [4.78, 5) is 11.2. The normalized spacial score (nSPS) is 12.1. The summed E-state index contributed by atoms with van der Waals surface area (Å²) in [7, 11) is 0. The van der Waals surface area contributed by atoms with Gasteiger partial charge in [-0.2, -0.15) is 0 Å². The van der Waals surface area contributed by atoms with Gasteiger partial charge in [-0.05, 0) is 143 Å². The molecule has 0 bridgehead atoms. The highest BCUT2D eigenvalue weighted by Crippen LogP contribution is 2.52. The van der Waals surface area contributed by atoms with Gasteiger partial charge >= 0.3 is 0 Å². The highest BCUT2D eigenvalue weighted by Gasteiger charge is 2.30. The summed E-state index contributed by atoms with van der Waals surface area (Å²) in [5, 5.41) is 12.2. The number of hydrogen-bond donors (Lipinski definition) is 0. The van der Waals surface area contributed by atoms with Gasteiger partial charge in [-0.1, -0.05) is 200 Å². The zero-order chi connectivity index (χ0) is 60.1. The zero-order valence-electron chi connectivity index (χ0n) is 49.7. The molecule has 0 saturated heterocycles. The first-order valence-electron chi connectivity index (χ1n) is 31.5. The Morgan fingerprint density at radius 3 is 1.15 bits per heavy atom. The standard InChI is InChI=1S/C86H52N6/c1-4-19-53(20-5-1)84-83-69-45-48-77(92-76-34-17-11-26-63(76)67-44-38-58(52-81(67)92)56-40-47-79-72(50-56)65-28-13-16-33-75(65)90(79)60-23-8-3-9-24-60)68-29-18-30-70(82(68)69)85(83)88-86(87-84)54-35-41-61(42-36-54)91-73-31-14-10-25-62(73)66-43-37-57(51-80(66)91)55-39-46-78-71(49-55)64-27-12-15-32-74(64)89(78)59-21-6-2-7-22-59/h1-52H. The van der Waals surface area contributed by atoms with E-state index < -0.39 is 0 Å². The van der Waals surface area contributed by atoms with Crippen LogP contribution in [0.5, 0.6) is 0 Å². The van der Waals surface area contributed by atoms with Gasteiger partial charge in [0.1, 0.15) is 0 Å². The molecule has 5 aromatic heterocycles. The van der Waals surface area contributed by atoms with Gasteiger partial charge in [-0.15, -0.1) is 0 Å². The lowest BCUT2D eigenvalue weighted by Gasteiger charge is -2.14. The minimum atomic E-state index is 0.686. The molecule has 19 aromatic rings. The van der Waals surface area contributed by atoms with Crippen molar-refractivity contribution in [3.8, 4) is 90.0 Å². The van der Waals surface area contributed by atoms with Crippen LogP contribution in [0.3, 0.4) is 0 Å². The first-order chi connectivity index (χ1) is 45.6. The van der Waals surface area contributed by atoms with Crippen LogP contribution in [0.4, 0.5) is 0 Å². The molecule has 0 fully saturated rings. The van der Waals surface area contributed by atoms with Crippen LogP contribution in [0.1, 0.15) is 0 Å². The molecule has 0 N–H and O–H groups in total. The highest BCUT2D eigenvalue weighted by molar-refractivity contribution is 6.21. The molecule has 14 aromatic carbocycles. The number of para-hydroxylation sites is 6. The van der Waals surface area contributed by atoms with E-state index in [4.69, 9.17) is 9.97 Å². The Morgan fingerprint density at radius 2 is 0.598 bits per heavy atom. The van der Waals surface area contributed by atoms with Crippen LogP contribution < -0.4 is 0 Å². The molecule has 5 heterocycles. The highest BCUT2D eigenvalue weighted by atomic mass is 15.0. The van der Waals surface area contributed by atoms with Gasteiger partial charge in [0.25, 0.3) is 0 Å². The van der Waals surface area contributed by atoms with Crippen LogP contribution in [0.25, 0.3) is 188 Å². The SMILES string of the molecule is c1ccc(-c2nc(-c3ccc(-n4c5ccccc5c5ccc(-c6ccc7c(c6)c6ccccc6n7-c6ccccc6)cc54)cc3)nc3c2-c2ccc(-n4c5ccccc5c5ccc(-c6ccc7c(c6)c6ccccc6n7-c6ccccc6)cc54)c4cccc-3c24)cc1. The summed E-state index contributed by atoms with van der Waals surface area (Å²) in [5.41, 5.74) is 25.8. The molecular formula is C86H52N6. The van der Waals surface area contributed by atoms with E-state index in [1.807, 2.05) is 0 Å². The molecule has 92 heavy (non-hydrogen) atoms. The summed E-state index contributed by atoms with van der Waals surface area (Å²) in [6.45, 7) is 0. The molecule has 20 rings (SSSR count). The first-order valence-corrected chi connectivity index (χ1v) is 31.5. The van der Waals surface area contributed by atoms with Crippen molar-refractivity contribution in [2.45, 2.75) is 0 Å². The fourth-order valence-corrected chi connectivity index (χ4v) is 15.4. The van der Waals surface area contributed by atoms with Crippen molar-refractivity contribution >= 4 is 98.0 Å². The summed E-state index contributed by atoms with van der Waals surface area (Å²) in [6, 6.07) is 115. The summed E-state index contributed by atoms with van der Waals surface area (Å²) in [6.07, 6.45) is 0. The van der Waals surface area contributed by atoms with E-state index in [1.54, 1.807) is 0 Å². The predicted octanol–water partition coefficient (Wildman–Crippen LogP) is 22.3. The van der Waals surface area contributed by atoms with Gasteiger partial charge in [0, 0.05) is 93.2 Å². The van der Waals surface area contributed by atoms with Crippen molar-refractivity contribution in [1.29, 1.82) is 0 Å². The van der Waals surface area contributed by atoms with Crippen LogP contribution >= 0.6 is 0 Å². The van der Waals surface area contributed by atoms with Gasteiger partial charge in [0.2, 0.25) is 0 Å². The molecule has 6 heteroatoms. The first kappa shape index (κ1) is 50.6. The molecule has 0 unspecified atom stereocenters. The third-order valence-electron chi connectivity index (χ3n) is 19.5. The van der Waals surface area contributed by atoms with Crippen molar-refractivity contribution in [2.24, 2.45) is 0 Å². The Labute approximate surface area is 528 Å². The largest absolute Gasteiger partial charge is 0.309 e. The number of nitrogens with zero attached hydrogens (tertiary/aromatic N) is 6. The predicted molar refractivity (Wildman–Crippen MR) is 383 cm³/mol. The lowest BCUT2D eigenvalue weighted by molar-refractivity contribution is 1.17. The lowest BCUT2D eigenvalue weighted by atomic mass is 9.98. The van der Waals surface area contributed by atoms with E-state index in [0.717, 1.165) is 95.0 Å². The Bertz CT molecular complexity index is 6280. The van der Waals surface area contributed by atoms with E-state index >= 15 is 0 Å². The second-order valence-corrected chi connectivity index (χ2v) is 24.4. The van der Waals surface area contributed by atoms with Crippen LogP contribution in [0.2, 0.25) is 0 Å². The molecule has 1 aliphatic carbocycles. The molecule has 0 radical (unpaired) electrons. The molecule has 0 aliphatic heterocycles. The molecule has 1 aliphatic rings. The molecular weight excluding hydrogens is 1120 g/mol. The second kappa shape index (κ2) is 19.6. The van der Waals surface area contributed by atoms with Crippen LogP contribution in [-0.4, -0.2) is 28.2 Å². The monoisotopic (exact) mass is 1170 g/mol. The summed E-state index contributed by atoms with van der Waals surface area (Å²) < 4.78 is 9.66. The van der Waals surface area contributed by atoms with Crippen LogP contribution in [0.15, 0.2) is 315 Å². The van der Waals surface area contributed by atoms with Crippen LogP contribution in [0, 0.1) is 0 Å². The topological polar surface area (TPSA) is 45.5 Å². The van der Waals surface area contributed by atoms with Gasteiger partial charge < -0.3 is 18.3 Å². The smallest absolute Gasteiger partial charge is 0.160 e. The van der Waals surface area contributed by atoms with E-state index in [2.05, 4.69) is 334 Å². The third-order valence-corrected chi connectivity index (χ3v) is 19.5. The van der Waals surface area contributed by atoms with Gasteiger partial charge in [-0.25, -0.2) is 9.97 Å². The summed E-state index contributed by atoms with van der Waals surface area (Å²) in [5.74, 6) is 0.686. The van der Waals surface area contributed by atoms with E-state index in [1.165, 1.54) is 87.2 Å². The Morgan fingerprint density at radius 1 is 0.207 bits per heavy atom. The number of rotatable bonds is 8. The Balaban J connectivity index is 0.704. The quantitative estimate of drug-likeness (QED) is 0.152. The molecule has 0 atom stereocenters. The summed E-state index contributed by atoms with van der Waals surface area (Å²) >= 11 is 0. The van der Waals surface area contributed by atoms with E-state index in [0.29, 0.717) is 5.82 Å². The maximum atomic E-state index is 5.61. The maximum absolute atomic E-state index is 5.61. The lowest BCUT2D eigenvalue weighted by Crippen LogP contribution is -1.98. The number of aromatic nitrogens is 6. The fourth-order valence-electron chi connectivity index (χ4n) is 15.4. The van der Waals surface area contributed by atoms with Gasteiger partial charge in [-0.3, -0.25) is 0 Å². The molecule has 0 amide bonds. The van der Waals surface area contributed by atoms with Crippen molar-refractivity contribution in [3.05, 3.63) is 315 Å². The minimum absolute atomic E-state index is 0.686. The number of fused-ring (bicyclic) bond motifs is 15. The Kier molecular flexibility index (Phi) is 10.8. The van der Waals surface area contributed by atoms with Crippen molar-refractivity contribution < 1.29 is 0 Å². The molecule has 6 nitrogen and oxygen atoms in total. The zero-order valence-corrected chi connectivity index (χ0v) is 49.7. The minimum Gasteiger partial charge on any atom is -0.309 e. The fraction of sp³-hybridized carbons (Fsp3) is 0. The van der Waals surface area contributed by atoms with Crippen molar-refractivity contribution in [3.63, 3.8) is 0 Å². The Hall–Kier alpha value is -12.4. The van der Waals surface area contributed by atoms with E-state index in [-0.39, 0.29) is 0 Å².